The summed E-state index contributed by atoms with van der Waals surface area (Å²) >= 11 is 7.72. The number of aromatic nitrogens is 2. The van der Waals surface area contributed by atoms with Gasteiger partial charge in [0.2, 0.25) is 0 Å². The van der Waals surface area contributed by atoms with Gasteiger partial charge in [-0.15, -0.1) is 11.3 Å². The van der Waals surface area contributed by atoms with E-state index >= 15 is 0 Å². The quantitative estimate of drug-likeness (QED) is 0.495. The van der Waals surface area contributed by atoms with Crippen molar-refractivity contribution in [2.24, 2.45) is 11.7 Å². The summed E-state index contributed by atoms with van der Waals surface area (Å²) < 4.78 is 5.88. The Bertz CT molecular complexity index is 1010. The molecule has 0 saturated carbocycles. The number of amides is 1. The third-order valence-corrected chi connectivity index (χ3v) is 5.39. The van der Waals surface area contributed by atoms with E-state index in [0.717, 1.165) is 17.5 Å². The zero-order chi connectivity index (χ0) is 21.7. The van der Waals surface area contributed by atoms with Gasteiger partial charge in [0.05, 0.1) is 5.02 Å². The molecule has 0 fully saturated rings. The molecule has 0 saturated heterocycles. The molecule has 3 N–H and O–H groups in total. The van der Waals surface area contributed by atoms with Crippen LogP contribution >= 0.6 is 22.9 Å². The largest absolute Gasteiger partial charge is 0.490 e. The topological polar surface area (TPSA) is 90.1 Å². The number of pyridine rings is 1. The van der Waals surface area contributed by atoms with Crippen molar-refractivity contribution in [3.8, 4) is 16.9 Å². The van der Waals surface area contributed by atoms with E-state index in [9.17, 15) is 4.79 Å². The van der Waals surface area contributed by atoms with Crippen molar-refractivity contribution in [1.82, 2.24) is 9.97 Å². The van der Waals surface area contributed by atoms with Crippen LogP contribution in [0.5, 0.6) is 5.75 Å². The van der Waals surface area contributed by atoms with Gasteiger partial charge < -0.3 is 15.8 Å². The Kier molecular flexibility index (Phi) is 7.07. The summed E-state index contributed by atoms with van der Waals surface area (Å²) in [5, 5.41) is 5.39. The number of hydrogen-bond donors (Lipinski definition) is 2. The van der Waals surface area contributed by atoms with Gasteiger partial charge in [0.1, 0.15) is 18.2 Å². The Morgan fingerprint density at radius 3 is 2.67 bits per heavy atom. The number of rotatable bonds is 8. The fraction of sp³-hybridized carbons (Fsp3) is 0.318. The highest BCUT2D eigenvalue weighted by Crippen LogP contribution is 2.31. The van der Waals surface area contributed by atoms with Crippen LogP contribution in [0.25, 0.3) is 11.1 Å². The van der Waals surface area contributed by atoms with Crippen LogP contribution in [0.15, 0.2) is 48.1 Å². The predicted octanol–water partition coefficient (Wildman–Crippen LogP) is 5.25. The fourth-order valence-electron chi connectivity index (χ4n) is 3.22. The molecule has 2 aromatic heterocycles. The van der Waals surface area contributed by atoms with Crippen molar-refractivity contribution in [3.05, 3.63) is 58.1 Å². The molecule has 0 bridgehead atoms. The fourth-order valence-corrected chi connectivity index (χ4v) is 3.98. The van der Waals surface area contributed by atoms with Crippen LogP contribution in [0.1, 0.15) is 37.0 Å². The second kappa shape index (κ2) is 9.55. The van der Waals surface area contributed by atoms with Crippen molar-refractivity contribution >= 4 is 34.7 Å². The third kappa shape index (κ3) is 6.01. The first-order valence-corrected chi connectivity index (χ1v) is 10.9. The van der Waals surface area contributed by atoms with Gasteiger partial charge in [-0.2, -0.15) is 0 Å². The Balaban J connectivity index is 1.71. The monoisotopic (exact) mass is 444 g/mol. The molecule has 0 spiro atoms. The molecule has 1 amide bonds. The van der Waals surface area contributed by atoms with Gasteiger partial charge in [0.15, 0.2) is 5.01 Å². The summed E-state index contributed by atoms with van der Waals surface area (Å²) in [6.07, 6.45) is 4.08. The van der Waals surface area contributed by atoms with Gasteiger partial charge in [0, 0.05) is 23.3 Å². The predicted molar refractivity (Wildman–Crippen MR) is 122 cm³/mol. The number of nitrogens with one attached hydrogen (secondary N) is 1. The minimum absolute atomic E-state index is 0.289. The Morgan fingerprint density at radius 1 is 1.23 bits per heavy atom. The van der Waals surface area contributed by atoms with Crippen LogP contribution in [0.2, 0.25) is 5.02 Å². The Hall–Kier alpha value is -2.48. The second-order valence-corrected chi connectivity index (χ2v) is 9.21. The molecule has 30 heavy (non-hydrogen) atoms. The van der Waals surface area contributed by atoms with Crippen LogP contribution < -0.4 is 15.8 Å². The SMILES string of the molecule is CC(C)C[C@](C)(N)COc1ccc(-c2ccnc(NC(=O)c3nccs3)c2)cc1Cl. The molecule has 0 unspecified atom stereocenters. The van der Waals surface area contributed by atoms with Crippen LogP contribution in [-0.4, -0.2) is 28.0 Å². The van der Waals surface area contributed by atoms with E-state index in [-0.39, 0.29) is 5.91 Å². The summed E-state index contributed by atoms with van der Waals surface area (Å²) in [5.74, 6) is 1.23. The van der Waals surface area contributed by atoms with Crippen molar-refractivity contribution < 1.29 is 9.53 Å². The first-order chi connectivity index (χ1) is 14.2. The average Bonchev–Trinajstić information content (AvgIpc) is 3.21. The minimum Gasteiger partial charge on any atom is -0.490 e. The molecule has 0 radical (unpaired) electrons. The molecule has 1 atom stereocenters. The molecular weight excluding hydrogens is 420 g/mol. The van der Waals surface area contributed by atoms with Crippen LogP contribution in [0.3, 0.4) is 0 Å². The highest BCUT2D eigenvalue weighted by molar-refractivity contribution is 7.11. The number of nitrogens with two attached hydrogens (primary N) is 1. The van der Waals surface area contributed by atoms with Crippen molar-refractivity contribution in [2.75, 3.05) is 11.9 Å². The molecule has 158 valence electrons. The summed E-state index contributed by atoms with van der Waals surface area (Å²) in [6, 6.07) is 9.22. The number of carbonyl (C=O) groups excluding carboxylic acids is 1. The molecule has 2 heterocycles. The van der Waals surface area contributed by atoms with Crippen LogP contribution in [0.4, 0.5) is 5.82 Å². The van der Waals surface area contributed by atoms with E-state index in [2.05, 4.69) is 29.1 Å². The van der Waals surface area contributed by atoms with Crippen molar-refractivity contribution in [1.29, 1.82) is 0 Å². The van der Waals surface area contributed by atoms with Crippen LogP contribution in [0, 0.1) is 5.92 Å². The lowest BCUT2D eigenvalue weighted by Crippen LogP contribution is -2.43. The van der Waals surface area contributed by atoms with Gasteiger partial charge >= 0.3 is 0 Å². The number of anilines is 1. The number of nitrogens with zero attached hydrogens (tertiary/aromatic N) is 2. The highest BCUT2D eigenvalue weighted by Gasteiger charge is 2.21. The number of ether oxygens (including phenoxy) is 1. The molecule has 3 aromatic rings. The first kappa shape index (κ1) is 22.2. The van der Waals surface area contributed by atoms with Gasteiger partial charge in [0.25, 0.3) is 5.91 Å². The molecule has 1 aromatic carbocycles. The maximum Gasteiger partial charge on any atom is 0.285 e. The first-order valence-electron chi connectivity index (χ1n) is 9.62. The summed E-state index contributed by atoms with van der Waals surface area (Å²) in [7, 11) is 0. The maximum atomic E-state index is 12.2. The lowest BCUT2D eigenvalue weighted by atomic mass is 9.93. The molecule has 8 heteroatoms. The Morgan fingerprint density at radius 2 is 2.00 bits per heavy atom. The minimum atomic E-state index is -0.425. The van der Waals surface area contributed by atoms with Gasteiger partial charge in [-0.25, -0.2) is 9.97 Å². The number of hydrogen-bond acceptors (Lipinski definition) is 6. The lowest BCUT2D eigenvalue weighted by molar-refractivity contribution is 0.102. The van der Waals surface area contributed by atoms with Crippen molar-refractivity contribution in [2.45, 2.75) is 32.7 Å². The highest BCUT2D eigenvalue weighted by atomic mass is 35.5. The Labute approximate surface area is 185 Å². The number of benzene rings is 1. The number of thiazole rings is 1. The van der Waals surface area contributed by atoms with Gasteiger partial charge in [-0.1, -0.05) is 31.5 Å². The van der Waals surface area contributed by atoms with Gasteiger partial charge in [-0.05, 0) is 54.7 Å². The molecular formula is C22H25ClN4O2S. The van der Waals surface area contributed by atoms with E-state index in [0.29, 0.717) is 34.1 Å². The standard InChI is InChI=1S/C22H25ClN4O2S/c1-14(2)12-22(3,24)13-29-18-5-4-15(10-17(18)23)16-6-7-25-19(11-16)27-20(28)21-26-8-9-30-21/h4-11,14H,12-13,24H2,1-3H3,(H,25,27,28)/t22-/m0/s1. The van der Waals surface area contributed by atoms with E-state index in [1.165, 1.54) is 11.3 Å². The van der Waals surface area contributed by atoms with E-state index in [1.54, 1.807) is 23.8 Å². The van der Waals surface area contributed by atoms with E-state index < -0.39 is 5.54 Å². The average molecular weight is 445 g/mol. The molecule has 6 nitrogen and oxygen atoms in total. The zero-order valence-electron chi connectivity index (χ0n) is 17.2. The molecule has 0 aliphatic heterocycles. The van der Waals surface area contributed by atoms with Crippen molar-refractivity contribution in [3.63, 3.8) is 0 Å². The van der Waals surface area contributed by atoms with E-state index in [1.807, 2.05) is 31.2 Å². The maximum absolute atomic E-state index is 12.2. The number of halogens is 1. The molecule has 0 aliphatic rings. The summed E-state index contributed by atoms with van der Waals surface area (Å²) in [4.78, 5) is 20.4. The van der Waals surface area contributed by atoms with Crippen LogP contribution in [-0.2, 0) is 0 Å². The molecule has 0 aliphatic carbocycles. The van der Waals surface area contributed by atoms with Gasteiger partial charge in [-0.3, -0.25) is 4.79 Å². The zero-order valence-corrected chi connectivity index (χ0v) is 18.8. The summed E-state index contributed by atoms with van der Waals surface area (Å²) in [6.45, 7) is 6.63. The lowest BCUT2D eigenvalue weighted by Gasteiger charge is -2.26. The third-order valence-electron chi connectivity index (χ3n) is 4.33. The number of carbonyl (C=O) groups is 1. The van der Waals surface area contributed by atoms with E-state index in [4.69, 9.17) is 22.1 Å². The summed E-state index contributed by atoms with van der Waals surface area (Å²) in [5.41, 5.74) is 7.65. The molecule has 3 rings (SSSR count). The second-order valence-electron chi connectivity index (χ2n) is 7.91. The normalized spacial score (nSPS) is 13.1. The smallest absolute Gasteiger partial charge is 0.285 e.